The van der Waals surface area contributed by atoms with E-state index in [9.17, 15) is 18.0 Å². The van der Waals surface area contributed by atoms with Crippen LogP contribution in [0, 0.1) is 12.8 Å². The van der Waals surface area contributed by atoms with Gasteiger partial charge in [-0.3, -0.25) is 4.79 Å². The van der Waals surface area contributed by atoms with E-state index < -0.39 is 12.0 Å². The summed E-state index contributed by atoms with van der Waals surface area (Å²) in [6, 6.07) is 8.06. The number of hydrogen-bond acceptors (Lipinski definition) is 6. The topological polar surface area (TPSA) is 72.6 Å². The van der Waals surface area contributed by atoms with Gasteiger partial charge in [-0.05, 0) is 55.7 Å². The number of fused-ring (bicyclic) bond motifs is 1. The summed E-state index contributed by atoms with van der Waals surface area (Å²) in [5.74, 6) is -0.974. The summed E-state index contributed by atoms with van der Waals surface area (Å²) in [6.07, 6.45) is -3.65. The van der Waals surface area contributed by atoms with E-state index in [4.69, 9.17) is 16.3 Å². The number of hydrogen-bond donors (Lipinski definition) is 0. The molecular formula is C19H17ClF3N5O2. The molecule has 0 bridgehead atoms. The van der Waals surface area contributed by atoms with Crippen LogP contribution in [0.25, 0.3) is 5.65 Å². The smallest absolute Gasteiger partial charge is 0.426 e. The Labute approximate surface area is 174 Å². The van der Waals surface area contributed by atoms with Gasteiger partial charge >= 0.3 is 12.1 Å². The summed E-state index contributed by atoms with van der Waals surface area (Å²) in [4.78, 5) is 14.3. The Balaban J connectivity index is 1.43. The minimum atomic E-state index is -4.65. The van der Waals surface area contributed by atoms with Crippen molar-refractivity contribution in [3.63, 3.8) is 0 Å². The van der Waals surface area contributed by atoms with Gasteiger partial charge in [0, 0.05) is 18.1 Å². The molecule has 1 fully saturated rings. The van der Waals surface area contributed by atoms with E-state index in [0.29, 0.717) is 47.0 Å². The molecule has 3 aromatic rings. The molecule has 7 nitrogen and oxygen atoms in total. The first kappa shape index (κ1) is 20.4. The van der Waals surface area contributed by atoms with Crippen molar-refractivity contribution in [1.82, 2.24) is 19.8 Å². The average molecular weight is 440 g/mol. The fourth-order valence-electron chi connectivity index (χ4n) is 3.39. The molecule has 1 saturated heterocycles. The van der Waals surface area contributed by atoms with E-state index in [1.54, 1.807) is 31.2 Å². The number of piperidine rings is 1. The number of rotatable bonds is 3. The zero-order chi connectivity index (χ0) is 21.5. The SMILES string of the molecule is Cc1cc(Cl)ccc1OC(=O)C1CCN(c2ccc3nnc(C(F)(F)F)n3n2)CC1. The van der Waals surface area contributed by atoms with E-state index in [0.717, 1.165) is 5.56 Å². The minimum Gasteiger partial charge on any atom is -0.426 e. The molecule has 0 atom stereocenters. The van der Waals surface area contributed by atoms with E-state index in [1.165, 1.54) is 6.07 Å². The number of benzene rings is 1. The number of esters is 1. The highest BCUT2D eigenvalue weighted by atomic mass is 35.5. The van der Waals surface area contributed by atoms with Gasteiger partial charge < -0.3 is 9.64 Å². The average Bonchev–Trinajstić information content (AvgIpc) is 3.14. The quantitative estimate of drug-likeness (QED) is 0.455. The van der Waals surface area contributed by atoms with Crippen molar-refractivity contribution in [2.45, 2.75) is 25.9 Å². The molecule has 0 saturated carbocycles. The normalized spacial score (nSPS) is 15.6. The molecule has 30 heavy (non-hydrogen) atoms. The van der Waals surface area contributed by atoms with Crippen LogP contribution in [0.15, 0.2) is 30.3 Å². The predicted molar refractivity (Wildman–Crippen MR) is 103 cm³/mol. The number of aromatic nitrogens is 4. The number of alkyl halides is 3. The molecule has 1 aromatic carbocycles. The zero-order valence-electron chi connectivity index (χ0n) is 15.9. The zero-order valence-corrected chi connectivity index (χ0v) is 16.6. The molecule has 1 aliphatic heterocycles. The van der Waals surface area contributed by atoms with Crippen molar-refractivity contribution < 1.29 is 22.7 Å². The third-order valence-corrected chi connectivity index (χ3v) is 5.24. The summed E-state index contributed by atoms with van der Waals surface area (Å²) >= 11 is 5.92. The van der Waals surface area contributed by atoms with Crippen molar-refractivity contribution in [3.8, 4) is 5.75 Å². The Hall–Kier alpha value is -2.88. The van der Waals surface area contributed by atoms with Crippen molar-refractivity contribution in [1.29, 1.82) is 0 Å². The first-order valence-corrected chi connectivity index (χ1v) is 9.62. The molecule has 158 valence electrons. The van der Waals surface area contributed by atoms with Gasteiger partial charge in [-0.2, -0.15) is 17.7 Å². The van der Waals surface area contributed by atoms with Crippen molar-refractivity contribution in [2.24, 2.45) is 5.92 Å². The minimum absolute atomic E-state index is 0.0165. The molecule has 0 aliphatic carbocycles. The van der Waals surface area contributed by atoms with Gasteiger partial charge in [0.15, 0.2) is 5.65 Å². The first-order chi connectivity index (χ1) is 14.2. The second-order valence-corrected chi connectivity index (χ2v) is 7.51. The lowest BCUT2D eigenvalue weighted by molar-refractivity contribution is -0.146. The highest BCUT2D eigenvalue weighted by Crippen LogP contribution is 2.29. The summed E-state index contributed by atoms with van der Waals surface area (Å²) in [5, 5.41) is 11.3. The molecular weight excluding hydrogens is 423 g/mol. The third kappa shape index (κ3) is 4.04. The highest BCUT2D eigenvalue weighted by Gasteiger charge is 2.38. The molecule has 0 unspecified atom stereocenters. The van der Waals surface area contributed by atoms with Gasteiger partial charge in [0.1, 0.15) is 11.6 Å². The van der Waals surface area contributed by atoms with E-state index in [2.05, 4.69) is 15.3 Å². The molecule has 0 amide bonds. The number of ether oxygens (including phenoxy) is 1. The molecule has 4 rings (SSSR count). The van der Waals surface area contributed by atoms with Crippen LogP contribution in [-0.4, -0.2) is 38.9 Å². The fourth-order valence-corrected chi connectivity index (χ4v) is 3.61. The van der Waals surface area contributed by atoms with Gasteiger partial charge in [-0.25, -0.2) is 0 Å². The molecule has 0 radical (unpaired) electrons. The number of nitrogens with zero attached hydrogens (tertiary/aromatic N) is 5. The first-order valence-electron chi connectivity index (χ1n) is 9.25. The lowest BCUT2D eigenvalue weighted by Gasteiger charge is -2.31. The van der Waals surface area contributed by atoms with Crippen LogP contribution in [0.3, 0.4) is 0 Å². The largest absolute Gasteiger partial charge is 0.453 e. The Bertz CT molecular complexity index is 1090. The maximum atomic E-state index is 13.1. The Morgan fingerprint density at radius 2 is 1.90 bits per heavy atom. The number of carbonyl (C=O) groups is 1. The van der Waals surface area contributed by atoms with Crippen LogP contribution >= 0.6 is 11.6 Å². The maximum absolute atomic E-state index is 13.1. The summed E-state index contributed by atoms with van der Waals surface area (Å²) in [7, 11) is 0. The number of carbonyl (C=O) groups excluding carboxylic acids is 1. The standard InChI is InChI=1S/C19H17ClF3N5O2/c1-11-10-13(20)2-3-14(11)30-17(29)12-6-8-27(9-7-12)16-5-4-15-24-25-18(19(21,22)23)28(15)26-16/h2-5,10,12H,6-9H2,1H3. The summed E-state index contributed by atoms with van der Waals surface area (Å²) in [6.45, 7) is 2.72. The highest BCUT2D eigenvalue weighted by molar-refractivity contribution is 6.30. The molecule has 11 heteroatoms. The van der Waals surface area contributed by atoms with E-state index >= 15 is 0 Å². The Kier molecular flexibility index (Phi) is 5.27. The Morgan fingerprint density at radius 1 is 1.17 bits per heavy atom. The summed E-state index contributed by atoms with van der Waals surface area (Å²) in [5.41, 5.74) is 0.781. The van der Waals surface area contributed by atoms with Crippen LogP contribution in [0.4, 0.5) is 19.0 Å². The van der Waals surface area contributed by atoms with E-state index in [1.807, 2.05) is 4.90 Å². The van der Waals surface area contributed by atoms with Crippen molar-refractivity contribution >= 4 is 29.0 Å². The van der Waals surface area contributed by atoms with Gasteiger partial charge in [-0.1, -0.05) is 11.6 Å². The second-order valence-electron chi connectivity index (χ2n) is 7.08. The van der Waals surface area contributed by atoms with Crippen molar-refractivity contribution in [3.05, 3.63) is 46.7 Å². The predicted octanol–water partition coefficient (Wildman–Crippen LogP) is 3.93. The third-order valence-electron chi connectivity index (χ3n) is 5.00. The summed E-state index contributed by atoms with van der Waals surface area (Å²) < 4.78 is 45.4. The molecule has 0 N–H and O–H groups in total. The second kappa shape index (κ2) is 7.75. The van der Waals surface area contributed by atoms with Crippen molar-refractivity contribution in [2.75, 3.05) is 18.0 Å². The lowest BCUT2D eigenvalue weighted by Crippen LogP contribution is -2.38. The number of aryl methyl sites for hydroxylation is 1. The molecule has 1 aliphatic rings. The van der Waals surface area contributed by atoms with Crippen LogP contribution < -0.4 is 9.64 Å². The molecule has 2 aromatic heterocycles. The molecule has 3 heterocycles. The van der Waals surface area contributed by atoms with E-state index in [-0.39, 0.29) is 17.5 Å². The number of halogens is 4. The maximum Gasteiger partial charge on any atom is 0.453 e. The monoisotopic (exact) mass is 439 g/mol. The number of anilines is 1. The Morgan fingerprint density at radius 3 is 2.57 bits per heavy atom. The lowest BCUT2D eigenvalue weighted by atomic mass is 9.97. The van der Waals surface area contributed by atoms with Gasteiger partial charge in [0.05, 0.1) is 5.92 Å². The van der Waals surface area contributed by atoms with Crippen LogP contribution in [-0.2, 0) is 11.0 Å². The van der Waals surface area contributed by atoms with Gasteiger partial charge in [0.2, 0.25) is 0 Å². The molecule has 0 spiro atoms. The van der Waals surface area contributed by atoms with Crippen LogP contribution in [0.5, 0.6) is 5.75 Å². The fraction of sp³-hybridized carbons (Fsp3) is 0.368. The van der Waals surface area contributed by atoms with Gasteiger partial charge in [-0.15, -0.1) is 15.3 Å². The van der Waals surface area contributed by atoms with Crippen LogP contribution in [0.2, 0.25) is 5.02 Å². The van der Waals surface area contributed by atoms with Crippen LogP contribution in [0.1, 0.15) is 24.2 Å². The van der Waals surface area contributed by atoms with Gasteiger partial charge in [0.25, 0.3) is 5.82 Å².